The number of carboxylic acid groups (broad SMARTS) is 1. The average Bonchev–Trinajstić information content (AvgIpc) is 2.13. The quantitative estimate of drug-likeness (QED) is 0.702. The van der Waals surface area contributed by atoms with E-state index in [4.69, 9.17) is 10.4 Å². The first-order chi connectivity index (χ1) is 6.54. The minimum atomic E-state index is -0.806. The van der Waals surface area contributed by atoms with Gasteiger partial charge in [-0.15, -0.1) is 0 Å². The SMILES string of the molecule is CCCC(C(=O)O)N(C)C(C)CC#N. The fourth-order valence-corrected chi connectivity index (χ4v) is 1.36. The van der Waals surface area contributed by atoms with Crippen LogP contribution in [0, 0.1) is 11.3 Å². The van der Waals surface area contributed by atoms with Crippen LogP contribution in [0.3, 0.4) is 0 Å². The Morgan fingerprint density at radius 2 is 2.21 bits per heavy atom. The third-order valence-corrected chi connectivity index (χ3v) is 2.42. The van der Waals surface area contributed by atoms with E-state index in [1.807, 2.05) is 19.9 Å². The third-order valence-electron chi connectivity index (χ3n) is 2.42. The number of carboxylic acids is 1. The summed E-state index contributed by atoms with van der Waals surface area (Å²) in [4.78, 5) is 12.7. The summed E-state index contributed by atoms with van der Waals surface area (Å²) in [6, 6.07) is 1.57. The van der Waals surface area contributed by atoms with Crippen LogP contribution in [-0.2, 0) is 4.79 Å². The molecule has 4 nitrogen and oxygen atoms in total. The predicted octanol–water partition coefficient (Wildman–Crippen LogP) is 1.47. The van der Waals surface area contributed by atoms with Crippen molar-refractivity contribution in [1.82, 2.24) is 4.90 Å². The van der Waals surface area contributed by atoms with E-state index in [1.54, 1.807) is 11.9 Å². The zero-order chi connectivity index (χ0) is 11.1. The second-order valence-electron chi connectivity index (χ2n) is 3.52. The lowest BCUT2D eigenvalue weighted by atomic mass is 10.1. The van der Waals surface area contributed by atoms with Crippen LogP contribution in [-0.4, -0.2) is 35.1 Å². The molecule has 14 heavy (non-hydrogen) atoms. The highest BCUT2D eigenvalue weighted by Gasteiger charge is 2.24. The van der Waals surface area contributed by atoms with Gasteiger partial charge in [-0.05, 0) is 20.4 Å². The Morgan fingerprint density at radius 3 is 2.57 bits per heavy atom. The fraction of sp³-hybridized carbons (Fsp3) is 0.800. The molecule has 0 aromatic heterocycles. The maximum atomic E-state index is 10.9. The van der Waals surface area contributed by atoms with E-state index in [-0.39, 0.29) is 6.04 Å². The van der Waals surface area contributed by atoms with Crippen molar-refractivity contribution in [3.63, 3.8) is 0 Å². The topological polar surface area (TPSA) is 64.3 Å². The van der Waals surface area contributed by atoms with E-state index < -0.39 is 12.0 Å². The number of carbonyl (C=O) groups is 1. The maximum Gasteiger partial charge on any atom is 0.320 e. The predicted molar refractivity (Wildman–Crippen MR) is 53.8 cm³/mol. The van der Waals surface area contributed by atoms with Gasteiger partial charge >= 0.3 is 5.97 Å². The third kappa shape index (κ3) is 3.75. The molecule has 0 aliphatic carbocycles. The van der Waals surface area contributed by atoms with Crippen molar-refractivity contribution in [1.29, 1.82) is 5.26 Å². The standard InChI is InChI=1S/C10H18N2O2/c1-4-5-9(10(13)14)12(3)8(2)6-7-11/h8-9H,4-6H2,1-3H3,(H,13,14). The van der Waals surface area contributed by atoms with Crippen LogP contribution in [0.5, 0.6) is 0 Å². The first kappa shape index (κ1) is 12.9. The number of likely N-dealkylation sites (N-methyl/N-ethyl adjacent to an activating group) is 1. The molecule has 2 unspecified atom stereocenters. The largest absolute Gasteiger partial charge is 0.480 e. The molecule has 0 saturated heterocycles. The molecule has 0 fully saturated rings. The highest BCUT2D eigenvalue weighted by molar-refractivity contribution is 5.73. The van der Waals surface area contributed by atoms with Gasteiger partial charge in [-0.3, -0.25) is 9.69 Å². The van der Waals surface area contributed by atoms with Gasteiger partial charge in [-0.1, -0.05) is 13.3 Å². The van der Waals surface area contributed by atoms with Crippen molar-refractivity contribution in [2.75, 3.05) is 7.05 Å². The summed E-state index contributed by atoms with van der Waals surface area (Å²) in [6.45, 7) is 3.83. The number of hydrogen-bond donors (Lipinski definition) is 1. The summed E-state index contributed by atoms with van der Waals surface area (Å²) < 4.78 is 0. The Bertz CT molecular complexity index is 223. The first-order valence-corrected chi connectivity index (χ1v) is 4.86. The van der Waals surface area contributed by atoms with Gasteiger partial charge in [-0.25, -0.2) is 0 Å². The van der Waals surface area contributed by atoms with Crippen molar-refractivity contribution in [3.05, 3.63) is 0 Å². The molecule has 0 bridgehead atoms. The second-order valence-corrected chi connectivity index (χ2v) is 3.52. The molecule has 0 spiro atoms. The molecule has 0 amide bonds. The van der Waals surface area contributed by atoms with Crippen molar-refractivity contribution >= 4 is 5.97 Å². The number of rotatable bonds is 6. The number of aliphatic carboxylic acids is 1. The molecule has 0 aromatic rings. The molecular weight excluding hydrogens is 180 g/mol. The van der Waals surface area contributed by atoms with E-state index in [9.17, 15) is 4.79 Å². The average molecular weight is 198 g/mol. The van der Waals surface area contributed by atoms with Crippen molar-refractivity contribution in [2.24, 2.45) is 0 Å². The summed E-state index contributed by atoms with van der Waals surface area (Å²) in [5.74, 6) is -0.806. The van der Waals surface area contributed by atoms with Gasteiger partial charge < -0.3 is 5.11 Å². The smallest absolute Gasteiger partial charge is 0.320 e. The van der Waals surface area contributed by atoms with Crippen LogP contribution in [0.1, 0.15) is 33.1 Å². The molecule has 0 saturated carbocycles. The Labute approximate surface area is 85.1 Å². The number of hydrogen-bond acceptors (Lipinski definition) is 3. The van der Waals surface area contributed by atoms with E-state index in [0.29, 0.717) is 12.8 Å². The minimum Gasteiger partial charge on any atom is -0.480 e. The highest BCUT2D eigenvalue weighted by Crippen LogP contribution is 2.11. The van der Waals surface area contributed by atoms with Gasteiger partial charge in [-0.2, -0.15) is 5.26 Å². The summed E-state index contributed by atoms with van der Waals surface area (Å²) in [5.41, 5.74) is 0. The van der Waals surface area contributed by atoms with Gasteiger partial charge in [0.1, 0.15) is 6.04 Å². The van der Waals surface area contributed by atoms with Gasteiger partial charge in [0, 0.05) is 6.04 Å². The summed E-state index contributed by atoms with van der Waals surface area (Å²) in [7, 11) is 1.76. The lowest BCUT2D eigenvalue weighted by Gasteiger charge is -2.28. The van der Waals surface area contributed by atoms with E-state index in [1.165, 1.54) is 0 Å². The van der Waals surface area contributed by atoms with Crippen molar-refractivity contribution in [2.45, 2.75) is 45.2 Å². The fourth-order valence-electron chi connectivity index (χ4n) is 1.36. The van der Waals surface area contributed by atoms with Gasteiger partial charge in [0.05, 0.1) is 12.5 Å². The molecular formula is C10H18N2O2. The van der Waals surface area contributed by atoms with Crippen LogP contribution in [0.15, 0.2) is 0 Å². The molecule has 4 heteroatoms. The summed E-state index contributed by atoms with van der Waals surface area (Å²) in [6.07, 6.45) is 1.83. The molecule has 0 rings (SSSR count). The molecule has 0 aliphatic rings. The molecule has 1 N–H and O–H groups in total. The van der Waals surface area contributed by atoms with E-state index in [0.717, 1.165) is 6.42 Å². The van der Waals surface area contributed by atoms with Crippen LogP contribution >= 0.6 is 0 Å². The van der Waals surface area contributed by atoms with Crippen LogP contribution in [0.4, 0.5) is 0 Å². The Morgan fingerprint density at radius 1 is 1.64 bits per heavy atom. The summed E-state index contributed by atoms with van der Waals surface area (Å²) in [5, 5.41) is 17.5. The normalized spacial score (nSPS) is 14.8. The Balaban J connectivity index is 4.35. The molecule has 80 valence electrons. The summed E-state index contributed by atoms with van der Waals surface area (Å²) >= 11 is 0. The lowest BCUT2D eigenvalue weighted by Crippen LogP contribution is -2.43. The van der Waals surface area contributed by atoms with E-state index in [2.05, 4.69) is 0 Å². The first-order valence-electron chi connectivity index (χ1n) is 4.86. The Hall–Kier alpha value is -1.08. The van der Waals surface area contributed by atoms with Gasteiger partial charge in [0.15, 0.2) is 0 Å². The van der Waals surface area contributed by atoms with Crippen molar-refractivity contribution < 1.29 is 9.90 Å². The second kappa shape index (κ2) is 6.39. The van der Waals surface area contributed by atoms with Crippen LogP contribution in [0.2, 0.25) is 0 Å². The zero-order valence-electron chi connectivity index (χ0n) is 9.03. The molecule has 0 heterocycles. The van der Waals surface area contributed by atoms with E-state index >= 15 is 0 Å². The van der Waals surface area contributed by atoms with Crippen LogP contribution in [0.25, 0.3) is 0 Å². The van der Waals surface area contributed by atoms with Crippen LogP contribution < -0.4 is 0 Å². The lowest BCUT2D eigenvalue weighted by molar-refractivity contribution is -0.143. The number of nitriles is 1. The molecule has 0 aliphatic heterocycles. The van der Waals surface area contributed by atoms with Gasteiger partial charge in [0.25, 0.3) is 0 Å². The number of nitrogens with zero attached hydrogens (tertiary/aromatic N) is 2. The monoisotopic (exact) mass is 198 g/mol. The van der Waals surface area contributed by atoms with Gasteiger partial charge in [0.2, 0.25) is 0 Å². The Kier molecular flexibility index (Phi) is 5.89. The maximum absolute atomic E-state index is 10.9. The highest BCUT2D eigenvalue weighted by atomic mass is 16.4. The molecule has 0 aromatic carbocycles. The molecule has 2 atom stereocenters. The van der Waals surface area contributed by atoms with Crippen molar-refractivity contribution in [3.8, 4) is 6.07 Å². The molecule has 0 radical (unpaired) electrons. The minimum absolute atomic E-state index is 0.00681. The zero-order valence-corrected chi connectivity index (χ0v) is 9.03.